The van der Waals surface area contributed by atoms with Crippen molar-refractivity contribution < 1.29 is 13.9 Å². The molecule has 122 valence electrons. The van der Waals surface area contributed by atoms with Crippen molar-refractivity contribution in [3.63, 3.8) is 0 Å². The second-order valence-corrected chi connectivity index (χ2v) is 6.12. The third kappa shape index (κ3) is 3.08. The van der Waals surface area contributed by atoms with Gasteiger partial charge in [-0.25, -0.2) is 9.18 Å². The Kier molecular flexibility index (Phi) is 4.44. The lowest BCUT2D eigenvalue weighted by Gasteiger charge is -2.15. The van der Waals surface area contributed by atoms with Crippen LogP contribution in [-0.4, -0.2) is 17.1 Å². The minimum atomic E-state index is -0.514. The Morgan fingerprint density at radius 1 is 1.17 bits per heavy atom. The molecule has 0 aliphatic heterocycles. The topological polar surface area (TPSA) is 42.1 Å². The number of carbonyl (C=O) groups is 1. The molecule has 0 fully saturated rings. The van der Waals surface area contributed by atoms with Gasteiger partial charge in [0.1, 0.15) is 10.5 Å². The van der Waals surface area contributed by atoms with E-state index < -0.39 is 11.8 Å². The molecule has 0 saturated heterocycles. The number of nitrogens with one attached hydrogen (secondary N) is 1. The number of rotatable bonds is 3. The van der Waals surface area contributed by atoms with Gasteiger partial charge in [-0.1, -0.05) is 42.5 Å². The van der Waals surface area contributed by atoms with Crippen LogP contribution < -0.4 is 0 Å². The van der Waals surface area contributed by atoms with Crippen LogP contribution in [0.25, 0.3) is 22.0 Å². The van der Waals surface area contributed by atoms with Crippen molar-refractivity contribution in [1.29, 1.82) is 0 Å². The third-order valence-electron chi connectivity index (χ3n) is 3.59. The molecular formula is C19H16FNO2S. The van der Waals surface area contributed by atoms with E-state index in [1.165, 1.54) is 12.1 Å². The van der Waals surface area contributed by atoms with Gasteiger partial charge >= 0.3 is 5.97 Å². The number of aromatic nitrogens is 1. The summed E-state index contributed by atoms with van der Waals surface area (Å²) in [5, 5.41) is 0.452. The number of benzene rings is 2. The van der Waals surface area contributed by atoms with E-state index in [1.54, 1.807) is 19.9 Å². The van der Waals surface area contributed by atoms with E-state index in [4.69, 9.17) is 17.0 Å². The first-order valence-corrected chi connectivity index (χ1v) is 8.00. The number of fused-ring (bicyclic) bond motifs is 1. The monoisotopic (exact) mass is 341 g/mol. The fourth-order valence-corrected chi connectivity index (χ4v) is 2.96. The quantitative estimate of drug-likeness (QED) is 0.521. The number of carbonyl (C=O) groups excluding carboxylic acids is 1. The molecule has 0 atom stereocenters. The molecule has 0 amide bonds. The summed E-state index contributed by atoms with van der Waals surface area (Å²) < 4.78 is 19.6. The zero-order chi connectivity index (χ0) is 17.3. The highest BCUT2D eigenvalue weighted by Gasteiger charge is 2.21. The largest absolute Gasteiger partial charge is 0.459 e. The summed E-state index contributed by atoms with van der Waals surface area (Å²) in [6.07, 6.45) is -0.289. The molecule has 0 bridgehead atoms. The van der Waals surface area contributed by atoms with Crippen LogP contribution in [0, 0.1) is 10.5 Å². The molecule has 0 aliphatic rings. The third-order valence-corrected chi connectivity index (χ3v) is 3.89. The molecule has 1 aromatic heterocycles. The predicted octanol–water partition coefficient (Wildman–Crippen LogP) is 5.27. The standard InChI is InChI=1S/C19H16FNO2S/c1-11(2)23-19(22)17-14-10-13(20)8-9-15(14)21-18(24)16(17)12-6-4-3-5-7-12/h3-11H,1-2H3,(H,21,24). The smallest absolute Gasteiger partial charge is 0.339 e. The summed E-state index contributed by atoms with van der Waals surface area (Å²) in [4.78, 5) is 15.8. The molecule has 3 rings (SSSR count). The van der Waals surface area contributed by atoms with Gasteiger partial charge in [-0.3, -0.25) is 0 Å². The maximum absolute atomic E-state index is 13.8. The van der Waals surface area contributed by atoms with E-state index in [0.29, 0.717) is 21.1 Å². The minimum absolute atomic E-state index is 0.285. The number of aromatic amines is 1. The summed E-state index contributed by atoms with van der Waals surface area (Å²) in [5.74, 6) is -0.940. The number of pyridine rings is 1. The lowest BCUT2D eigenvalue weighted by atomic mass is 9.97. The highest BCUT2D eigenvalue weighted by Crippen LogP contribution is 2.31. The molecule has 3 nitrogen and oxygen atoms in total. The normalized spacial score (nSPS) is 11.0. The highest BCUT2D eigenvalue weighted by atomic mass is 32.1. The molecule has 24 heavy (non-hydrogen) atoms. The molecule has 5 heteroatoms. The van der Waals surface area contributed by atoms with Crippen molar-refractivity contribution in [1.82, 2.24) is 4.98 Å². The van der Waals surface area contributed by atoms with Crippen LogP contribution in [0.3, 0.4) is 0 Å². The molecule has 2 aromatic carbocycles. The maximum atomic E-state index is 13.8. The average Bonchev–Trinajstić information content (AvgIpc) is 2.54. The van der Waals surface area contributed by atoms with Crippen LogP contribution in [0.4, 0.5) is 4.39 Å². The Bertz CT molecular complexity index is 964. The van der Waals surface area contributed by atoms with Crippen molar-refractivity contribution in [2.45, 2.75) is 20.0 Å². The van der Waals surface area contributed by atoms with E-state index in [1.807, 2.05) is 30.3 Å². The molecule has 3 aromatic rings. The zero-order valence-corrected chi connectivity index (χ0v) is 14.1. The number of H-pyrrole nitrogens is 1. The Balaban J connectivity index is 2.39. The van der Waals surface area contributed by atoms with Gasteiger partial charge in [0.15, 0.2) is 0 Å². The van der Waals surface area contributed by atoms with Gasteiger partial charge in [-0.15, -0.1) is 0 Å². The zero-order valence-electron chi connectivity index (χ0n) is 13.3. The first-order chi connectivity index (χ1) is 11.5. The Hall–Kier alpha value is -2.53. The van der Waals surface area contributed by atoms with Crippen LogP contribution >= 0.6 is 12.2 Å². The van der Waals surface area contributed by atoms with Gasteiger partial charge in [0.2, 0.25) is 0 Å². The molecule has 1 heterocycles. The average molecular weight is 341 g/mol. The molecule has 0 aliphatic carbocycles. The molecule has 0 unspecified atom stereocenters. The van der Waals surface area contributed by atoms with Crippen LogP contribution in [0.1, 0.15) is 24.2 Å². The maximum Gasteiger partial charge on any atom is 0.339 e. The Labute approximate surface area is 144 Å². The molecule has 1 N–H and O–H groups in total. The lowest BCUT2D eigenvalue weighted by molar-refractivity contribution is 0.0381. The summed E-state index contributed by atoms with van der Waals surface area (Å²) in [6.45, 7) is 3.54. The second kappa shape index (κ2) is 6.53. The van der Waals surface area contributed by atoms with Gasteiger partial charge < -0.3 is 9.72 Å². The minimum Gasteiger partial charge on any atom is -0.459 e. The Morgan fingerprint density at radius 3 is 2.54 bits per heavy atom. The van der Waals surface area contributed by atoms with Crippen LogP contribution in [0.15, 0.2) is 48.5 Å². The van der Waals surface area contributed by atoms with E-state index in [0.717, 1.165) is 5.56 Å². The van der Waals surface area contributed by atoms with Gasteiger partial charge in [0, 0.05) is 16.5 Å². The molecule has 0 radical (unpaired) electrons. The number of halogens is 1. The fraction of sp³-hybridized carbons (Fsp3) is 0.158. The number of esters is 1. The highest BCUT2D eigenvalue weighted by molar-refractivity contribution is 7.71. The van der Waals surface area contributed by atoms with Crippen molar-refractivity contribution in [2.75, 3.05) is 0 Å². The molecule has 0 saturated carbocycles. The van der Waals surface area contributed by atoms with Crippen molar-refractivity contribution in [2.24, 2.45) is 0 Å². The van der Waals surface area contributed by atoms with Crippen molar-refractivity contribution >= 4 is 29.1 Å². The van der Waals surface area contributed by atoms with Crippen LogP contribution in [0.2, 0.25) is 0 Å². The van der Waals surface area contributed by atoms with Crippen molar-refractivity contribution in [3.05, 3.63) is 64.6 Å². The predicted molar refractivity (Wildman–Crippen MR) is 95.1 cm³/mol. The van der Waals surface area contributed by atoms with Crippen LogP contribution in [0.5, 0.6) is 0 Å². The fourth-order valence-electron chi connectivity index (χ4n) is 2.63. The lowest BCUT2D eigenvalue weighted by Crippen LogP contribution is -2.14. The van der Waals surface area contributed by atoms with E-state index in [9.17, 15) is 9.18 Å². The van der Waals surface area contributed by atoms with Crippen LogP contribution in [-0.2, 0) is 4.74 Å². The van der Waals surface area contributed by atoms with E-state index >= 15 is 0 Å². The first kappa shape index (κ1) is 16.3. The summed E-state index contributed by atoms with van der Waals surface area (Å²) in [7, 11) is 0. The summed E-state index contributed by atoms with van der Waals surface area (Å²) in [6, 6.07) is 13.5. The van der Waals surface area contributed by atoms with Crippen molar-refractivity contribution in [3.8, 4) is 11.1 Å². The molecule has 0 spiro atoms. The van der Waals surface area contributed by atoms with E-state index in [-0.39, 0.29) is 11.7 Å². The van der Waals surface area contributed by atoms with Gasteiger partial charge in [0.05, 0.1) is 11.7 Å². The van der Waals surface area contributed by atoms with E-state index in [2.05, 4.69) is 4.98 Å². The SMILES string of the molecule is CC(C)OC(=O)c1c(-c2ccccc2)c(=S)[nH]c2ccc(F)cc12. The summed E-state index contributed by atoms with van der Waals surface area (Å²) >= 11 is 5.46. The first-order valence-electron chi connectivity index (χ1n) is 7.59. The molecular weight excluding hydrogens is 325 g/mol. The number of hydrogen-bond donors (Lipinski definition) is 1. The number of ether oxygens (including phenoxy) is 1. The van der Waals surface area contributed by atoms with Gasteiger partial charge in [-0.2, -0.15) is 0 Å². The summed E-state index contributed by atoms with van der Waals surface area (Å²) in [5.41, 5.74) is 2.21. The van der Waals surface area contributed by atoms with Gasteiger partial charge in [-0.05, 0) is 37.6 Å². The van der Waals surface area contributed by atoms with Gasteiger partial charge in [0.25, 0.3) is 0 Å². The number of hydrogen-bond acceptors (Lipinski definition) is 3. The second-order valence-electron chi connectivity index (χ2n) is 5.71. The Morgan fingerprint density at radius 2 is 1.88 bits per heavy atom.